The van der Waals surface area contributed by atoms with Crippen molar-refractivity contribution >= 4 is 34.6 Å². The number of aromatic amines is 1. The van der Waals surface area contributed by atoms with E-state index in [1.807, 2.05) is 43.3 Å². The van der Waals surface area contributed by atoms with Crippen molar-refractivity contribution in [2.24, 2.45) is 0 Å². The second-order valence-corrected chi connectivity index (χ2v) is 9.47. The van der Waals surface area contributed by atoms with Gasteiger partial charge in [0.05, 0.1) is 17.6 Å². The van der Waals surface area contributed by atoms with Crippen molar-refractivity contribution in [3.8, 4) is 0 Å². The molecule has 184 valence electrons. The number of nitrogens with one attached hydrogen (secondary N) is 2. The number of piperazine rings is 1. The minimum absolute atomic E-state index is 0.0890. The first-order valence-corrected chi connectivity index (χ1v) is 12.4. The molecular formula is C29H32N6O. The average Bonchev–Trinajstić information content (AvgIpc) is 3.30. The van der Waals surface area contributed by atoms with Gasteiger partial charge in [0, 0.05) is 55.7 Å². The van der Waals surface area contributed by atoms with Gasteiger partial charge in [-0.15, -0.1) is 0 Å². The lowest BCUT2D eigenvalue weighted by Crippen LogP contribution is -2.43. The third-order valence-corrected chi connectivity index (χ3v) is 6.75. The molecule has 36 heavy (non-hydrogen) atoms. The molecule has 3 heterocycles. The SMILES string of the molecule is Cc1c(NC(=O)Cc2ccccn2)ccc2[nH]nc(/C=C/c3cccc(CN4CCN(C)CC4)c3)c12. The van der Waals surface area contributed by atoms with Gasteiger partial charge in [-0.2, -0.15) is 5.10 Å². The standard InChI is InChI=1S/C29H32N6O/c1-21-25(31-28(36)19-24-8-3-4-13-30-24)11-12-27-29(21)26(32-33-27)10-9-22-6-5-7-23(18-22)20-35-16-14-34(2)15-17-35/h3-13,18H,14-17,19-20H2,1-2H3,(H,31,36)(H,32,33)/b10-9+. The molecule has 7 heteroatoms. The van der Waals surface area contributed by atoms with Crippen LogP contribution in [-0.2, 0) is 17.8 Å². The molecule has 0 aliphatic carbocycles. The van der Waals surface area contributed by atoms with E-state index in [1.54, 1.807) is 6.20 Å². The zero-order chi connectivity index (χ0) is 24.9. The highest BCUT2D eigenvalue weighted by molar-refractivity contribution is 5.99. The Kier molecular flexibility index (Phi) is 7.21. The van der Waals surface area contributed by atoms with Gasteiger partial charge in [0.1, 0.15) is 0 Å². The zero-order valence-corrected chi connectivity index (χ0v) is 20.9. The van der Waals surface area contributed by atoms with Crippen molar-refractivity contribution in [1.82, 2.24) is 25.0 Å². The minimum Gasteiger partial charge on any atom is -0.325 e. The van der Waals surface area contributed by atoms with Crippen LogP contribution < -0.4 is 5.32 Å². The fraction of sp³-hybridized carbons (Fsp3) is 0.276. The third-order valence-electron chi connectivity index (χ3n) is 6.75. The second-order valence-electron chi connectivity index (χ2n) is 9.47. The number of hydrogen-bond acceptors (Lipinski definition) is 5. The lowest BCUT2D eigenvalue weighted by molar-refractivity contribution is -0.115. The van der Waals surface area contributed by atoms with Gasteiger partial charge in [-0.3, -0.25) is 19.8 Å². The summed E-state index contributed by atoms with van der Waals surface area (Å²) in [5, 5.41) is 11.7. The molecule has 1 amide bonds. The van der Waals surface area contributed by atoms with Crippen LogP contribution in [0.3, 0.4) is 0 Å². The van der Waals surface area contributed by atoms with E-state index in [9.17, 15) is 4.79 Å². The number of H-pyrrole nitrogens is 1. The van der Waals surface area contributed by atoms with Crippen molar-refractivity contribution in [1.29, 1.82) is 0 Å². The van der Waals surface area contributed by atoms with Gasteiger partial charge in [-0.25, -0.2) is 0 Å². The van der Waals surface area contributed by atoms with Crippen molar-refractivity contribution in [3.63, 3.8) is 0 Å². The van der Waals surface area contributed by atoms with Crippen LogP contribution in [0.15, 0.2) is 60.8 Å². The van der Waals surface area contributed by atoms with Crippen LogP contribution in [0.4, 0.5) is 5.69 Å². The van der Waals surface area contributed by atoms with Gasteiger partial charge < -0.3 is 10.2 Å². The quantitative estimate of drug-likeness (QED) is 0.411. The summed E-state index contributed by atoms with van der Waals surface area (Å²) in [6.07, 6.45) is 6.09. The highest BCUT2D eigenvalue weighted by atomic mass is 16.1. The summed E-state index contributed by atoms with van der Waals surface area (Å²) in [7, 11) is 2.18. The fourth-order valence-corrected chi connectivity index (χ4v) is 4.66. The summed E-state index contributed by atoms with van der Waals surface area (Å²) < 4.78 is 0. The lowest BCUT2D eigenvalue weighted by atomic mass is 10.0. The van der Waals surface area contributed by atoms with E-state index in [2.05, 4.69) is 67.7 Å². The zero-order valence-electron chi connectivity index (χ0n) is 20.9. The first-order chi connectivity index (χ1) is 17.5. The highest BCUT2D eigenvalue weighted by Crippen LogP contribution is 2.28. The van der Waals surface area contributed by atoms with Crippen LogP contribution >= 0.6 is 0 Å². The highest BCUT2D eigenvalue weighted by Gasteiger charge is 2.14. The number of hydrogen-bond donors (Lipinski definition) is 2. The number of anilines is 1. The number of aryl methyl sites for hydroxylation is 1. The smallest absolute Gasteiger partial charge is 0.230 e. The van der Waals surface area contributed by atoms with Crippen LogP contribution in [0.2, 0.25) is 0 Å². The minimum atomic E-state index is -0.0890. The van der Waals surface area contributed by atoms with E-state index in [0.29, 0.717) is 0 Å². The van der Waals surface area contributed by atoms with E-state index < -0.39 is 0 Å². The van der Waals surface area contributed by atoms with Crippen LogP contribution in [0.25, 0.3) is 23.1 Å². The number of likely N-dealkylation sites (N-methyl/N-ethyl adjacent to an activating group) is 1. The van der Waals surface area contributed by atoms with Crippen molar-refractivity contribution in [2.45, 2.75) is 19.9 Å². The Hall–Kier alpha value is -3.81. The Morgan fingerprint density at radius 2 is 1.92 bits per heavy atom. The second kappa shape index (κ2) is 10.8. The number of nitrogens with zero attached hydrogens (tertiary/aromatic N) is 4. The van der Waals surface area contributed by atoms with Crippen LogP contribution in [0, 0.1) is 6.92 Å². The summed E-state index contributed by atoms with van der Waals surface area (Å²) in [5.41, 5.74) is 6.78. The van der Waals surface area contributed by atoms with E-state index >= 15 is 0 Å². The largest absolute Gasteiger partial charge is 0.325 e. The maximum absolute atomic E-state index is 12.6. The molecule has 1 fully saturated rings. The van der Waals surface area contributed by atoms with Gasteiger partial charge >= 0.3 is 0 Å². The maximum Gasteiger partial charge on any atom is 0.230 e. The number of carbonyl (C=O) groups excluding carboxylic acids is 1. The third kappa shape index (κ3) is 5.70. The van der Waals surface area contributed by atoms with E-state index in [0.717, 1.165) is 71.8 Å². The average molecular weight is 481 g/mol. The number of fused-ring (bicyclic) bond motifs is 1. The molecule has 2 N–H and O–H groups in total. The Morgan fingerprint density at radius 1 is 1.06 bits per heavy atom. The number of rotatable bonds is 7. The molecule has 1 saturated heterocycles. The van der Waals surface area contributed by atoms with Crippen LogP contribution in [0.1, 0.15) is 28.1 Å². The predicted molar refractivity (Wildman–Crippen MR) is 146 cm³/mol. The Morgan fingerprint density at radius 3 is 2.72 bits per heavy atom. The van der Waals surface area contributed by atoms with E-state index in [4.69, 9.17) is 0 Å². The van der Waals surface area contributed by atoms with Gasteiger partial charge in [-0.1, -0.05) is 36.4 Å². The molecule has 0 spiro atoms. The van der Waals surface area contributed by atoms with Crippen molar-refractivity contribution < 1.29 is 4.79 Å². The lowest BCUT2D eigenvalue weighted by Gasteiger charge is -2.32. The summed E-state index contributed by atoms with van der Waals surface area (Å²) >= 11 is 0. The first kappa shape index (κ1) is 23.9. The molecule has 0 radical (unpaired) electrons. The molecular weight excluding hydrogens is 448 g/mol. The molecule has 0 atom stereocenters. The monoisotopic (exact) mass is 480 g/mol. The molecule has 4 aromatic rings. The summed E-state index contributed by atoms with van der Waals surface area (Å²) in [5.74, 6) is -0.0890. The summed E-state index contributed by atoms with van der Waals surface area (Å²) in [6, 6.07) is 18.2. The predicted octanol–water partition coefficient (Wildman–Crippen LogP) is 4.37. The number of aromatic nitrogens is 3. The van der Waals surface area contributed by atoms with Gasteiger partial charge in [0.2, 0.25) is 5.91 Å². The van der Waals surface area contributed by atoms with Gasteiger partial charge in [-0.05, 0) is 61.0 Å². The summed E-state index contributed by atoms with van der Waals surface area (Å²) in [4.78, 5) is 21.7. The van der Waals surface area contributed by atoms with Crippen molar-refractivity contribution in [2.75, 3.05) is 38.5 Å². The number of benzene rings is 2. The molecule has 0 bridgehead atoms. The van der Waals surface area contributed by atoms with Gasteiger partial charge in [0.15, 0.2) is 0 Å². The normalized spacial score (nSPS) is 15.1. The number of pyridine rings is 1. The van der Waals surface area contributed by atoms with Gasteiger partial charge in [0.25, 0.3) is 0 Å². The fourth-order valence-electron chi connectivity index (χ4n) is 4.66. The molecule has 1 aliphatic heterocycles. The Balaban J connectivity index is 1.31. The van der Waals surface area contributed by atoms with Crippen LogP contribution in [0.5, 0.6) is 0 Å². The van der Waals surface area contributed by atoms with E-state index in [1.165, 1.54) is 5.56 Å². The molecule has 7 nitrogen and oxygen atoms in total. The summed E-state index contributed by atoms with van der Waals surface area (Å²) in [6.45, 7) is 7.45. The Labute approximate surface area is 211 Å². The van der Waals surface area contributed by atoms with Crippen molar-refractivity contribution in [3.05, 3.63) is 88.9 Å². The topological polar surface area (TPSA) is 77.1 Å². The number of carbonyl (C=O) groups is 1. The molecule has 0 saturated carbocycles. The molecule has 1 aliphatic rings. The van der Waals surface area contributed by atoms with Crippen LogP contribution in [-0.4, -0.2) is 64.1 Å². The van der Waals surface area contributed by atoms with E-state index in [-0.39, 0.29) is 12.3 Å². The maximum atomic E-state index is 12.6. The molecule has 0 unspecified atom stereocenters. The number of amides is 1. The molecule has 5 rings (SSSR count). The molecule has 2 aromatic carbocycles. The first-order valence-electron chi connectivity index (χ1n) is 12.4. The Bertz CT molecular complexity index is 1370. The molecule has 2 aromatic heterocycles.